The topological polar surface area (TPSA) is 38.1 Å². The normalized spacial score (nSPS) is 10.8. The van der Waals surface area contributed by atoms with E-state index in [1.165, 1.54) is 6.07 Å². The minimum atomic E-state index is -0.313. The molecule has 0 saturated heterocycles. The van der Waals surface area contributed by atoms with Gasteiger partial charge < -0.3 is 9.84 Å². The van der Waals surface area contributed by atoms with E-state index < -0.39 is 0 Å². The molecule has 0 bridgehead atoms. The van der Waals surface area contributed by atoms with Gasteiger partial charge in [-0.3, -0.25) is 0 Å². The number of aromatic nitrogens is 1. The van der Waals surface area contributed by atoms with E-state index in [4.69, 9.17) is 4.52 Å². The van der Waals surface area contributed by atoms with Crippen LogP contribution in [-0.4, -0.2) is 11.7 Å². The van der Waals surface area contributed by atoms with E-state index in [1.54, 1.807) is 18.3 Å². The maximum atomic E-state index is 13.8. The summed E-state index contributed by atoms with van der Waals surface area (Å²) in [6, 6.07) is 4.76. The SMILES string of the molecule is CCCNCc1cnoc1-c1cc(Br)ccc1F. The van der Waals surface area contributed by atoms with Gasteiger partial charge in [0.25, 0.3) is 0 Å². The highest BCUT2D eigenvalue weighted by Gasteiger charge is 2.14. The number of nitrogens with zero attached hydrogens (tertiary/aromatic N) is 1. The molecule has 1 N–H and O–H groups in total. The van der Waals surface area contributed by atoms with Gasteiger partial charge in [0.05, 0.1) is 11.8 Å². The van der Waals surface area contributed by atoms with Crippen molar-refractivity contribution in [3.63, 3.8) is 0 Å². The van der Waals surface area contributed by atoms with Gasteiger partial charge in [-0.1, -0.05) is 28.0 Å². The lowest BCUT2D eigenvalue weighted by molar-refractivity contribution is 0.429. The third-order valence-electron chi connectivity index (χ3n) is 2.56. The molecule has 0 aliphatic carbocycles. The van der Waals surface area contributed by atoms with Crippen LogP contribution in [0.15, 0.2) is 33.4 Å². The van der Waals surface area contributed by atoms with Gasteiger partial charge in [0.2, 0.25) is 0 Å². The molecule has 0 amide bonds. The Kier molecular flexibility index (Phi) is 4.49. The molecule has 1 aromatic carbocycles. The zero-order valence-corrected chi connectivity index (χ0v) is 11.6. The molecule has 1 aromatic heterocycles. The smallest absolute Gasteiger partial charge is 0.174 e. The van der Waals surface area contributed by atoms with Crippen LogP contribution < -0.4 is 5.32 Å². The summed E-state index contributed by atoms with van der Waals surface area (Å²) in [6.07, 6.45) is 2.67. The average molecular weight is 313 g/mol. The van der Waals surface area contributed by atoms with Gasteiger partial charge in [-0.05, 0) is 31.2 Å². The lowest BCUT2D eigenvalue weighted by Crippen LogP contribution is -2.13. The third kappa shape index (κ3) is 2.97. The predicted octanol–water partition coefficient (Wildman–Crippen LogP) is 3.74. The largest absolute Gasteiger partial charge is 0.356 e. The molecule has 0 aliphatic rings. The molecule has 0 radical (unpaired) electrons. The van der Waals surface area contributed by atoms with Crippen LogP contribution in [0.25, 0.3) is 11.3 Å². The summed E-state index contributed by atoms with van der Waals surface area (Å²) in [5.41, 5.74) is 1.29. The highest BCUT2D eigenvalue weighted by molar-refractivity contribution is 9.10. The molecule has 3 nitrogen and oxygen atoms in total. The first-order chi connectivity index (χ1) is 8.72. The van der Waals surface area contributed by atoms with E-state index in [9.17, 15) is 4.39 Å². The maximum absolute atomic E-state index is 13.8. The van der Waals surface area contributed by atoms with E-state index >= 15 is 0 Å². The summed E-state index contributed by atoms with van der Waals surface area (Å²) in [4.78, 5) is 0. The van der Waals surface area contributed by atoms with Crippen molar-refractivity contribution in [1.82, 2.24) is 10.5 Å². The van der Waals surface area contributed by atoms with E-state index in [2.05, 4.69) is 33.3 Å². The van der Waals surface area contributed by atoms with Crippen LogP contribution in [0.1, 0.15) is 18.9 Å². The Morgan fingerprint density at radius 3 is 3.06 bits per heavy atom. The van der Waals surface area contributed by atoms with Crippen molar-refractivity contribution >= 4 is 15.9 Å². The molecule has 5 heteroatoms. The molecule has 0 spiro atoms. The van der Waals surface area contributed by atoms with Crippen molar-refractivity contribution in [3.05, 3.63) is 40.2 Å². The lowest BCUT2D eigenvalue weighted by Gasteiger charge is -2.04. The number of rotatable bonds is 5. The first-order valence-corrected chi connectivity index (χ1v) is 6.61. The first-order valence-electron chi connectivity index (χ1n) is 5.82. The standard InChI is InChI=1S/C13H14BrFN2O/c1-2-5-16-7-9-8-17-18-13(9)11-6-10(14)3-4-12(11)15/h3-4,6,8,16H,2,5,7H2,1H3. The minimum absolute atomic E-state index is 0.313. The molecular weight excluding hydrogens is 299 g/mol. The predicted molar refractivity (Wildman–Crippen MR) is 71.6 cm³/mol. The summed E-state index contributed by atoms with van der Waals surface area (Å²) >= 11 is 3.33. The fourth-order valence-electron chi connectivity index (χ4n) is 1.68. The van der Waals surface area contributed by atoms with Crippen molar-refractivity contribution in [2.24, 2.45) is 0 Å². The van der Waals surface area contributed by atoms with Gasteiger partial charge >= 0.3 is 0 Å². The van der Waals surface area contributed by atoms with Crippen LogP contribution >= 0.6 is 15.9 Å². The van der Waals surface area contributed by atoms with Crippen molar-refractivity contribution < 1.29 is 8.91 Å². The molecule has 0 unspecified atom stereocenters. The molecule has 0 aliphatic heterocycles. The van der Waals surface area contributed by atoms with Crippen LogP contribution in [0.3, 0.4) is 0 Å². The van der Waals surface area contributed by atoms with Gasteiger partial charge in [-0.25, -0.2) is 4.39 Å². The Hall–Kier alpha value is -1.20. The van der Waals surface area contributed by atoms with Crippen molar-refractivity contribution in [3.8, 4) is 11.3 Å². The lowest BCUT2D eigenvalue weighted by atomic mass is 10.1. The minimum Gasteiger partial charge on any atom is -0.356 e. The van der Waals surface area contributed by atoms with Gasteiger partial charge in [0, 0.05) is 16.6 Å². The van der Waals surface area contributed by atoms with Crippen molar-refractivity contribution in [2.75, 3.05) is 6.54 Å². The summed E-state index contributed by atoms with van der Waals surface area (Å²) in [5.74, 6) is 0.170. The Morgan fingerprint density at radius 2 is 2.28 bits per heavy atom. The molecule has 0 saturated carbocycles. The van der Waals surface area contributed by atoms with Gasteiger partial charge in [-0.15, -0.1) is 0 Å². The second-order valence-electron chi connectivity index (χ2n) is 3.98. The number of hydrogen-bond donors (Lipinski definition) is 1. The fraction of sp³-hybridized carbons (Fsp3) is 0.308. The number of nitrogens with one attached hydrogen (secondary N) is 1. The Balaban J connectivity index is 2.27. The number of hydrogen-bond acceptors (Lipinski definition) is 3. The highest BCUT2D eigenvalue weighted by atomic mass is 79.9. The van der Waals surface area contributed by atoms with Crippen molar-refractivity contribution in [1.29, 1.82) is 0 Å². The van der Waals surface area contributed by atoms with Crippen molar-refractivity contribution in [2.45, 2.75) is 19.9 Å². The third-order valence-corrected chi connectivity index (χ3v) is 3.05. The van der Waals surface area contributed by atoms with Crippen LogP contribution in [0.2, 0.25) is 0 Å². The Morgan fingerprint density at radius 1 is 1.44 bits per heavy atom. The fourth-order valence-corrected chi connectivity index (χ4v) is 2.04. The Labute approximate surface area is 113 Å². The van der Waals surface area contributed by atoms with Gasteiger partial charge in [0.1, 0.15) is 5.82 Å². The second kappa shape index (κ2) is 6.11. The summed E-state index contributed by atoms with van der Waals surface area (Å²) in [6.45, 7) is 3.62. The quantitative estimate of drug-likeness (QED) is 0.855. The van der Waals surface area contributed by atoms with Crippen LogP contribution in [-0.2, 0) is 6.54 Å². The summed E-state index contributed by atoms with van der Waals surface area (Å²) in [7, 11) is 0. The molecule has 2 rings (SSSR count). The van der Waals surface area contributed by atoms with Crippen LogP contribution in [0, 0.1) is 5.82 Å². The van der Waals surface area contributed by atoms with E-state index in [-0.39, 0.29) is 5.82 Å². The monoisotopic (exact) mass is 312 g/mol. The molecule has 0 atom stereocenters. The van der Waals surface area contributed by atoms with Gasteiger partial charge in [-0.2, -0.15) is 0 Å². The highest BCUT2D eigenvalue weighted by Crippen LogP contribution is 2.28. The first kappa shape index (κ1) is 13.2. The average Bonchev–Trinajstić information content (AvgIpc) is 2.81. The van der Waals surface area contributed by atoms with Crippen LogP contribution in [0.4, 0.5) is 4.39 Å². The van der Waals surface area contributed by atoms with E-state index in [1.807, 2.05) is 0 Å². The van der Waals surface area contributed by atoms with Crippen LogP contribution in [0.5, 0.6) is 0 Å². The van der Waals surface area contributed by atoms with Gasteiger partial charge in [0.15, 0.2) is 5.76 Å². The zero-order valence-electron chi connectivity index (χ0n) is 10.0. The zero-order chi connectivity index (χ0) is 13.0. The summed E-state index contributed by atoms with van der Waals surface area (Å²) in [5, 5.41) is 7.00. The number of benzene rings is 1. The molecule has 96 valence electrons. The van der Waals surface area contributed by atoms with E-state index in [0.717, 1.165) is 23.0 Å². The molecule has 0 fully saturated rings. The second-order valence-corrected chi connectivity index (χ2v) is 4.90. The molecule has 18 heavy (non-hydrogen) atoms. The number of halogens is 2. The molecular formula is C13H14BrFN2O. The molecule has 2 aromatic rings. The van der Waals surface area contributed by atoms with E-state index in [0.29, 0.717) is 17.9 Å². The Bertz CT molecular complexity index is 527. The molecule has 1 heterocycles. The maximum Gasteiger partial charge on any atom is 0.174 e. The summed E-state index contributed by atoms with van der Waals surface area (Å²) < 4.78 is 19.7.